The van der Waals surface area contributed by atoms with Crippen LogP contribution in [0, 0.1) is 0 Å². The highest BCUT2D eigenvalue weighted by atomic mass is 19.2. The van der Waals surface area contributed by atoms with E-state index in [4.69, 9.17) is 0 Å². The van der Waals surface area contributed by atoms with Gasteiger partial charge in [-0.3, -0.25) is 0 Å². The summed E-state index contributed by atoms with van der Waals surface area (Å²) in [5.74, 6) is 0. The zero-order chi connectivity index (χ0) is 10.8. The Morgan fingerprint density at radius 2 is 2.07 bits per heavy atom. The van der Waals surface area contributed by atoms with Crippen LogP contribution in [-0.2, 0) is 0 Å². The molecule has 0 spiro atoms. The summed E-state index contributed by atoms with van der Waals surface area (Å²) in [7, 11) is -1.75. The fraction of sp³-hybridized carbons (Fsp3) is 1.00. The van der Waals surface area contributed by atoms with Crippen LogP contribution in [0.4, 0.5) is 8.78 Å². The molecule has 0 saturated heterocycles. The average Bonchev–Trinajstić information content (AvgIpc) is 2.13. The molecule has 3 unspecified atom stereocenters. The summed E-state index contributed by atoms with van der Waals surface area (Å²) in [5.41, 5.74) is 0. The van der Waals surface area contributed by atoms with Gasteiger partial charge in [0.25, 0.3) is 0 Å². The molecule has 0 aromatic heterocycles. The van der Waals surface area contributed by atoms with Gasteiger partial charge in [-0.25, -0.2) is 8.78 Å². The van der Waals surface area contributed by atoms with Crippen molar-refractivity contribution in [2.24, 2.45) is 0 Å². The van der Waals surface area contributed by atoms with Crippen molar-refractivity contribution in [1.29, 1.82) is 0 Å². The Balaban J connectivity index is 2.83. The molecular weight excluding hydrogens is 189 g/mol. The lowest BCUT2D eigenvalue weighted by molar-refractivity contribution is 0.0541. The number of alkyl halides is 2. The van der Waals surface area contributed by atoms with Crippen LogP contribution < -0.4 is 0 Å². The third kappa shape index (κ3) is 1.93. The summed E-state index contributed by atoms with van der Waals surface area (Å²) in [4.78, 5) is 0. The second-order valence-electron chi connectivity index (χ2n) is 4.17. The standard InChI is InChI=1S/C9H17BF2O2/c1-2-5-9(10(13)14)6-3-4-7(11)8(9)12/h7-8,13-14H,2-6H2,1H3. The van der Waals surface area contributed by atoms with Crippen molar-refractivity contribution in [3.05, 3.63) is 0 Å². The van der Waals surface area contributed by atoms with E-state index in [-0.39, 0.29) is 6.42 Å². The minimum Gasteiger partial charge on any atom is -0.427 e. The van der Waals surface area contributed by atoms with Crippen LogP contribution in [0.15, 0.2) is 0 Å². The summed E-state index contributed by atoms with van der Waals surface area (Å²) in [6.45, 7) is 1.83. The maximum atomic E-state index is 13.6. The summed E-state index contributed by atoms with van der Waals surface area (Å²) >= 11 is 0. The van der Waals surface area contributed by atoms with Gasteiger partial charge in [-0.1, -0.05) is 19.8 Å². The lowest BCUT2D eigenvalue weighted by atomic mass is 9.48. The molecule has 1 aliphatic carbocycles. The highest BCUT2D eigenvalue weighted by Crippen LogP contribution is 2.50. The monoisotopic (exact) mass is 206 g/mol. The fourth-order valence-corrected chi connectivity index (χ4v) is 2.40. The molecule has 1 aliphatic rings. The van der Waals surface area contributed by atoms with Gasteiger partial charge in [-0.05, 0) is 19.3 Å². The van der Waals surface area contributed by atoms with E-state index in [0.29, 0.717) is 25.7 Å². The topological polar surface area (TPSA) is 40.5 Å². The average molecular weight is 206 g/mol. The second-order valence-corrected chi connectivity index (χ2v) is 4.17. The molecule has 1 saturated carbocycles. The van der Waals surface area contributed by atoms with Crippen molar-refractivity contribution < 1.29 is 18.8 Å². The molecule has 82 valence electrons. The van der Waals surface area contributed by atoms with Gasteiger partial charge in [-0.15, -0.1) is 0 Å². The van der Waals surface area contributed by atoms with Crippen LogP contribution >= 0.6 is 0 Å². The second kappa shape index (κ2) is 4.58. The Hall–Kier alpha value is -0.155. The Kier molecular flexibility index (Phi) is 3.90. The summed E-state index contributed by atoms with van der Waals surface area (Å²) in [6.07, 6.45) is -1.25. The summed E-state index contributed by atoms with van der Waals surface area (Å²) < 4.78 is 26.8. The summed E-state index contributed by atoms with van der Waals surface area (Å²) in [5, 5.41) is 17.1. The van der Waals surface area contributed by atoms with Gasteiger partial charge in [0.15, 0.2) is 0 Å². The van der Waals surface area contributed by atoms with Crippen molar-refractivity contribution in [1.82, 2.24) is 0 Å². The molecule has 14 heavy (non-hydrogen) atoms. The minimum absolute atomic E-state index is 0.194. The van der Waals surface area contributed by atoms with Gasteiger partial charge in [0.05, 0.1) is 0 Å². The van der Waals surface area contributed by atoms with Crippen LogP contribution in [0.2, 0.25) is 5.31 Å². The highest BCUT2D eigenvalue weighted by Gasteiger charge is 2.53. The van der Waals surface area contributed by atoms with E-state index in [1.54, 1.807) is 0 Å². The fourth-order valence-electron chi connectivity index (χ4n) is 2.40. The first-order chi connectivity index (χ1) is 6.54. The third-order valence-corrected chi connectivity index (χ3v) is 3.22. The number of hydrogen-bond acceptors (Lipinski definition) is 2. The van der Waals surface area contributed by atoms with Crippen LogP contribution in [0.5, 0.6) is 0 Å². The van der Waals surface area contributed by atoms with Crippen molar-refractivity contribution in [2.75, 3.05) is 0 Å². The first-order valence-corrected chi connectivity index (χ1v) is 5.19. The molecule has 0 aliphatic heterocycles. The largest absolute Gasteiger partial charge is 0.461 e. The minimum atomic E-state index is -1.75. The van der Waals surface area contributed by atoms with Crippen molar-refractivity contribution in [3.8, 4) is 0 Å². The van der Waals surface area contributed by atoms with E-state index in [9.17, 15) is 18.8 Å². The van der Waals surface area contributed by atoms with Gasteiger partial charge in [-0.2, -0.15) is 0 Å². The number of hydrogen-bond donors (Lipinski definition) is 2. The van der Waals surface area contributed by atoms with Crippen LogP contribution in [0.1, 0.15) is 39.0 Å². The van der Waals surface area contributed by atoms with Gasteiger partial charge in [0, 0.05) is 5.31 Å². The number of halogens is 2. The molecule has 1 rings (SSSR count). The Labute approximate surface area is 83.5 Å². The zero-order valence-electron chi connectivity index (χ0n) is 8.42. The van der Waals surface area contributed by atoms with Crippen molar-refractivity contribution >= 4 is 7.12 Å². The molecule has 0 amide bonds. The van der Waals surface area contributed by atoms with Gasteiger partial charge < -0.3 is 10.0 Å². The van der Waals surface area contributed by atoms with Crippen molar-refractivity contribution in [3.63, 3.8) is 0 Å². The predicted octanol–water partition coefficient (Wildman–Crippen LogP) is 1.86. The molecule has 3 atom stereocenters. The quantitative estimate of drug-likeness (QED) is 0.692. The molecular formula is C9H17BF2O2. The van der Waals surface area contributed by atoms with E-state index >= 15 is 0 Å². The molecule has 5 heteroatoms. The lowest BCUT2D eigenvalue weighted by Crippen LogP contribution is -2.47. The Bertz CT molecular complexity index is 188. The number of rotatable bonds is 3. The predicted molar refractivity (Wildman–Crippen MR) is 51.4 cm³/mol. The van der Waals surface area contributed by atoms with Gasteiger partial charge >= 0.3 is 7.12 Å². The van der Waals surface area contributed by atoms with E-state index < -0.39 is 24.8 Å². The van der Waals surface area contributed by atoms with Gasteiger partial charge in [0.2, 0.25) is 0 Å². The molecule has 0 heterocycles. The first-order valence-electron chi connectivity index (χ1n) is 5.19. The molecule has 0 aromatic carbocycles. The molecule has 2 nitrogen and oxygen atoms in total. The molecule has 1 fully saturated rings. The third-order valence-electron chi connectivity index (χ3n) is 3.22. The molecule has 0 aromatic rings. The van der Waals surface area contributed by atoms with E-state index in [1.165, 1.54) is 0 Å². The smallest absolute Gasteiger partial charge is 0.427 e. The van der Waals surface area contributed by atoms with Crippen LogP contribution in [-0.4, -0.2) is 29.5 Å². The van der Waals surface area contributed by atoms with E-state index in [1.807, 2.05) is 6.92 Å². The molecule has 0 radical (unpaired) electrons. The van der Waals surface area contributed by atoms with Gasteiger partial charge in [0.1, 0.15) is 12.3 Å². The highest BCUT2D eigenvalue weighted by molar-refractivity contribution is 6.46. The molecule has 0 bridgehead atoms. The SMILES string of the molecule is CCCC1(B(O)O)CCCC(F)C1F. The van der Waals surface area contributed by atoms with E-state index in [0.717, 1.165) is 0 Å². The summed E-state index contributed by atoms with van der Waals surface area (Å²) in [6, 6.07) is 0. The van der Waals surface area contributed by atoms with Crippen molar-refractivity contribution in [2.45, 2.75) is 56.7 Å². The normalized spacial score (nSPS) is 38.4. The Morgan fingerprint density at radius 1 is 1.43 bits per heavy atom. The Morgan fingerprint density at radius 3 is 2.57 bits per heavy atom. The maximum absolute atomic E-state index is 13.6. The van der Waals surface area contributed by atoms with E-state index in [2.05, 4.69) is 0 Å². The van der Waals surface area contributed by atoms with Crippen LogP contribution in [0.3, 0.4) is 0 Å². The zero-order valence-corrected chi connectivity index (χ0v) is 8.42. The maximum Gasteiger partial charge on any atom is 0.461 e. The first kappa shape index (κ1) is 11.9. The van der Waals surface area contributed by atoms with Crippen LogP contribution in [0.25, 0.3) is 0 Å². The lowest BCUT2D eigenvalue weighted by Gasteiger charge is -2.40. The molecule has 2 N–H and O–H groups in total.